The Kier molecular flexibility index (Phi) is 5.79. The second kappa shape index (κ2) is 9.51. The molecule has 0 atom stereocenters. The van der Waals surface area contributed by atoms with E-state index < -0.39 is 0 Å². The van der Waals surface area contributed by atoms with E-state index in [1.807, 2.05) is 13.0 Å². The Bertz CT molecular complexity index is 2150. The molecule has 4 aromatic carbocycles. The number of aromatic nitrogens is 2. The summed E-state index contributed by atoms with van der Waals surface area (Å²) in [5.74, 6) is 0.628. The molecule has 0 saturated heterocycles. The molecule has 0 bridgehead atoms. The molecule has 0 aliphatic carbocycles. The Morgan fingerprint density at radius 3 is 2.45 bits per heavy atom. The molecule has 0 radical (unpaired) electrons. The molecule has 0 unspecified atom stereocenters. The summed E-state index contributed by atoms with van der Waals surface area (Å²) < 4.78 is 10.1. The lowest BCUT2D eigenvalue weighted by molar-refractivity contribution is 0.623. The second-order valence-corrected chi connectivity index (χ2v) is 11.1. The largest absolute Gasteiger partial charge is 0.435 e. The monoisotopic (exact) mass is 536 g/mol. The van der Waals surface area contributed by atoms with E-state index in [1.165, 1.54) is 32.1 Å². The number of allylic oxidation sites excluding steroid dienone is 2. The van der Waals surface area contributed by atoms with Gasteiger partial charge in [-0.05, 0) is 86.5 Å². The minimum atomic E-state index is 0.628. The standard InChI is InChI=1S/C36H28N2OS/c1-5-11-23-20-28-27-21-24(15-17-30(27)38(31(28)19-22(23)4)25-13-9-8-10-14-25)36-37-29-16-18-33-34(35(29)39-36)26(12-6-2)32(7-3)40-33/h5-21H,3H2,1-2,4H3/b11-5-,12-6-. The van der Waals surface area contributed by atoms with Crippen LogP contribution in [0.4, 0.5) is 0 Å². The Morgan fingerprint density at radius 1 is 0.875 bits per heavy atom. The number of hydrogen-bond acceptors (Lipinski definition) is 3. The van der Waals surface area contributed by atoms with Crippen molar-refractivity contribution < 1.29 is 4.42 Å². The molecule has 0 spiro atoms. The van der Waals surface area contributed by atoms with Crippen LogP contribution in [0.1, 0.15) is 35.4 Å². The van der Waals surface area contributed by atoms with Crippen molar-refractivity contribution in [3.8, 4) is 17.1 Å². The number of oxazole rings is 1. The number of hydrogen-bond donors (Lipinski definition) is 0. The zero-order valence-electron chi connectivity index (χ0n) is 22.7. The fraction of sp³-hybridized carbons (Fsp3) is 0.0833. The minimum absolute atomic E-state index is 0.628. The van der Waals surface area contributed by atoms with Crippen LogP contribution in [0.25, 0.3) is 78.4 Å². The first kappa shape index (κ1) is 24.4. The number of fused-ring (bicyclic) bond motifs is 6. The van der Waals surface area contributed by atoms with Crippen LogP contribution in [-0.2, 0) is 0 Å². The fourth-order valence-corrected chi connectivity index (χ4v) is 6.79. The van der Waals surface area contributed by atoms with Gasteiger partial charge in [-0.2, -0.15) is 0 Å². The average Bonchev–Trinajstić information content (AvgIpc) is 3.65. The summed E-state index contributed by atoms with van der Waals surface area (Å²) in [5.41, 5.74) is 9.75. The quantitative estimate of drug-likeness (QED) is 0.219. The molecule has 4 heteroatoms. The van der Waals surface area contributed by atoms with E-state index >= 15 is 0 Å². The van der Waals surface area contributed by atoms with E-state index in [9.17, 15) is 0 Å². The predicted molar refractivity (Wildman–Crippen MR) is 173 cm³/mol. The fourth-order valence-electron chi connectivity index (χ4n) is 5.75. The van der Waals surface area contributed by atoms with Crippen LogP contribution in [0, 0.1) is 6.92 Å². The van der Waals surface area contributed by atoms with Crippen LogP contribution < -0.4 is 0 Å². The maximum absolute atomic E-state index is 6.56. The third-order valence-electron chi connectivity index (χ3n) is 7.55. The zero-order valence-corrected chi connectivity index (χ0v) is 23.5. The highest BCUT2D eigenvalue weighted by atomic mass is 32.1. The first-order valence-corrected chi connectivity index (χ1v) is 14.3. The Hall–Kier alpha value is -4.67. The molecule has 40 heavy (non-hydrogen) atoms. The summed E-state index contributed by atoms with van der Waals surface area (Å²) in [6.07, 6.45) is 10.4. The van der Waals surface area contributed by atoms with Gasteiger partial charge in [-0.15, -0.1) is 11.3 Å². The summed E-state index contributed by atoms with van der Waals surface area (Å²) in [5, 5.41) is 3.48. The molecule has 0 fully saturated rings. The van der Waals surface area contributed by atoms with Crippen molar-refractivity contribution in [3.63, 3.8) is 0 Å². The number of thiophene rings is 1. The molecule has 0 N–H and O–H groups in total. The molecule has 0 aliphatic heterocycles. The van der Waals surface area contributed by atoms with Gasteiger partial charge in [0.2, 0.25) is 5.89 Å². The molecule has 7 rings (SSSR count). The van der Waals surface area contributed by atoms with Crippen LogP contribution in [0.5, 0.6) is 0 Å². The first-order valence-electron chi connectivity index (χ1n) is 13.5. The van der Waals surface area contributed by atoms with Crippen LogP contribution >= 0.6 is 11.3 Å². The van der Waals surface area contributed by atoms with E-state index in [1.54, 1.807) is 11.3 Å². The summed E-state index contributed by atoms with van der Waals surface area (Å²) in [6.45, 7) is 10.3. The number of nitrogens with zero attached hydrogens (tertiary/aromatic N) is 2. The van der Waals surface area contributed by atoms with Gasteiger partial charge in [0.05, 0.1) is 11.0 Å². The van der Waals surface area contributed by atoms with Crippen molar-refractivity contribution in [1.82, 2.24) is 9.55 Å². The highest BCUT2D eigenvalue weighted by Gasteiger charge is 2.19. The minimum Gasteiger partial charge on any atom is -0.435 e. The van der Waals surface area contributed by atoms with Gasteiger partial charge in [-0.3, -0.25) is 0 Å². The first-order chi connectivity index (χ1) is 19.6. The SMILES string of the molecule is C=Cc1sc2ccc3nc(-c4ccc5c(c4)c4cc(/C=C\C)c(C)cc4n5-c4ccccc4)oc3c2c1/C=C\C. The maximum atomic E-state index is 6.56. The molecule has 7 aromatic rings. The Labute approximate surface area is 237 Å². The lowest BCUT2D eigenvalue weighted by atomic mass is 10.0. The third-order valence-corrected chi connectivity index (χ3v) is 8.72. The van der Waals surface area contributed by atoms with Gasteiger partial charge in [0.25, 0.3) is 0 Å². The maximum Gasteiger partial charge on any atom is 0.227 e. The van der Waals surface area contributed by atoms with Crippen molar-refractivity contribution in [1.29, 1.82) is 0 Å². The molecule has 0 amide bonds. The molecular formula is C36H28N2OS. The Morgan fingerprint density at radius 2 is 1.68 bits per heavy atom. The molecule has 0 aliphatic rings. The highest BCUT2D eigenvalue weighted by molar-refractivity contribution is 7.20. The number of aryl methyl sites for hydroxylation is 1. The summed E-state index contributed by atoms with van der Waals surface area (Å²) >= 11 is 1.73. The van der Waals surface area contributed by atoms with Crippen LogP contribution in [0.3, 0.4) is 0 Å². The van der Waals surface area contributed by atoms with Gasteiger partial charge >= 0.3 is 0 Å². The Balaban J connectivity index is 1.50. The van der Waals surface area contributed by atoms with E-state index in [4.69, 9.17) is 9.40 Å². The summed E-state index contributed by atoms with van der Waals surface area (Å²) in [4.78, 5) is 6.09. The van der Waals surface area contributed by atoms with Crippen LogP contribution in [0.2, 0.25) is 0 Å². The number of para-hydroxylation sites is 1. The van der Waals surface area contributed by atoms with Gasteiger partial charge in [-0.1, -0.05) is 55.2 Å². The van der Waals surface area contributed by atoms with E-state index in [0.29, 0.717) is 5.89 Å². The second-order valence-electron chi connectivity index (χ2n) is 10.0. The van der Waals surface area contributed by atoms with Crippen molar-refractivity contribution in [3.05, 3.63) is 113 Å². The summed E-state index contributed by atoms with van der Waals surface area (Å²) in [7, 11) is 0. The molecule has 194 valence electrons. The highest BCUT2D eigenvalue weighted by Crippen LogP contribution is 2.41. The van der Waals surface area contributed by atoms with Crippen molar-refractivity contribution in [2.45, 2.75) is 20.8 Å². The van der Waals surface area contributed by atoms with E-state index in [0.717, 1.165) is 43.7 Å². The topological polar surface area (TPSA) is 31.0 Å². The molecule has 3 aromatic heterocycles. The van der Waals surface area contributed by atoms with Gasteiger partial charge in [0.1, 0.15) is 5.52 Å². The smallest absolute Gasteiger partial charge is 0.227 e. The molecular weight excluding hydrogens is 508 g/mol. The molecule has 0 saturated carbocycles. The zero-order chi connectivity index (χ0) is 27.4. The third kappa shape index (κ3) is 3.68. The van der Waals surface area contributed by atoms with Crippen molar-refractivity contribution >= 4 is 72.6 Å². The number of benzene rings is 4. The summed E-state index contributed by atoms with van der Waals surface area (Å²) in [6, 6.07) is 25.9. The van der Waals surface area contributed by atoms with Gasteiger partial charge in [-0.25, -0.2) is 4.98 Å². The lowest BCUT2D eigenvalue weighted by Gasteiger charge is -2.09. The van der Waals surface area contributed by atoms with Gasteiger partial charge in [0.15, 0.2) is 5.58 Å². The number of rotatable bonds is 5. The van der Waals surface area contributed by atoms with Gasteiger partial charge < -0.3 is 8.98 Å². The lowest BCUT2D eigenvalue weighted by Crippen LogP contribution is -1.94. The normalized spacial score (nSPS) is 12.3. The predicted octanol–water partition coefficient (Wildman–Crippen LogP) is 10.8. The van der Waals surface area contributed by atoms with Crippen molar-refractivity contribution in [2.75, 3.05) is 0 Å². The van der Waals surface area contributed by atoms with E-state index in [-0.39, 0.29) is 0 Å². The van der Waals surface area contributed by atoms with Gasteiger partial charge in [0, 0.05) is 42.6 Å². The van der Waals surface area contributed by atoms with E-state index in [2.05, 4.69) is 122 Å². The van der Waals surface area contributed by atoms with Crippen molar-refractivity contribution in [2.24, 2.45) is 0 Å². The van der Waals surface area contributed by atoms with Crippen LogP contribution in [-0.4, -0.2) is 9.55 Å². The average molecular weight is 537 g/mol. The van der Waals surface area contributed by atoms with Crippen LogP contribution in [0.15, 0.2) is 95.9 Å². The molecule has 3 heterocycles. The molecule has 3 nitrogen and oxygen atoms in total.